The van der Waals surface area contributed by atoms with Crippen molar-refractivity contribution in [2.24, 2.45) is 0 Å². The number of hydrogen-bond acceptors (Lipinski definition) is 3. The number of nitrogens with zero attached hydrogens (tertiary/aromatic N) is 1. The van der Waals surface area contributed by atoms with Crippen LogP contribution in [0.4, 0.5) is 4.79 Å². The lowest BCUT2D eigenvalue weighted by Crippen LogP contribution is -2.42. The Bertz CT molecular complexity index is 407. The third kappa shape index (κ3) is 3.47. The smallest absolute Gasteiger partial charge is 0.410 e. The van der Waals surface area contributed by atoms with Crippen LogP contribution in [0.5, 0.6) is 0 Å². The topological polar surface area (TPSA) is 49.8 Å². The quantitative estimate of drug-likeness (QED) is 0.908. The Morgan fingerprint density at radius 1 is 1.47 bits per heavy atom. The Balaban J connectivity index is 1.89. The monoisotopic (exact) mass is 263 g/mol. The summed E-state index contributed by atoms with van der Waals surface area (Å²) in [5.74, 6) is 0. The number of amides is 1. The molecule has 1 heterocycles. The van der Waals surface area contributed by atoms with E-state index in [-0.39, 0.29) is 18.7 Å². The molecule has 4 nitrogen and oxygen atoms in total. The molecule has 0 spiro atoms. The van der Waals surface area contributed by atoms with Crippen LogP contribution in [0.3, 0.4) is 0 Å². The molecular weight excluding hydrogens is 242 g/mol. The van der Waals surface area contributed by atoms with Crippen LogP contribution in [-0.4, -0.2) is 34.8 Å². The molecule has 0 unspecified atom stereocenters. The molecule has 2 atom stereocenters. The van der Waals surface area contributed by atoms with Crippen molar-refractivity contribution >= 4 is 6.09 Å². The molecule has 1 aromatic carbocycles. The van der Waals surface area contributed by atoms with E-state index in [0.717, 1.165) is 18.4 Å². The van der Waals surface area contributed by atoms with Gasteiger partial charge in [-0.25, -0.2) is 4.79 Å². The molecular formula is C15H21NO3. The van der Waals surface area contributed by atoms with Crippen molar-refractivity contribution in [1.82, 2.24) is 4.90 Å². The molecule has 1 aliphatic heterocycles. The van der Waals surface area contributed by atoms with Crippen LogP contribution in [0.2, 0.25) is 0 Å². The number of carbonyl (C=O) groups excluding carboxylic acids is 1. The average molecular weight is 263 g/mol. The Kier molecular flexibility index (Phi) is 4.80. The van der Waals surface area contributed by atoms with Gasteiger partial charge >= 0.3 is 6.09 Å². The van der Waals surface area contributed by atoms with Gasteiger partial charge in [0.1, 0.15) is 6.61 Å². The van der Waals surface area contributed by atoms with E-state index in [1.54, 1.807) is 4.90 Å². The highest BCUT2D eigenvalue weighted by atomic mass is 16.6. The van der Waals surface area contributed by atoms with Gasteiger partial charge in [0.15, 0.2) is 0 Å². The van der Waals surface area contributed by atoms with Crippen molar-refractivity contribution in [2.75, 3.05) is 6.54 Å². The number of aliphatic hydroxyl groups excluding tert-OH is 1. The first kappa shape index (κ1) is 13.9. The van der Waals surface area contributed by atoms with Gasteiger partial charge < -0.3 is 14.7 Å². The van der Waals surface area contributed by atoms with Crippen LogP contribution < -0.4 is 0 Å². The number of ether oxygens (including phenoxy) is 1. The van der Waals surface area contributed by atoms with Crippen LogP contribution in [-0.2, 0) is 11.3 Å². The molecule has 0 bridgehead atoms. The Morgan fingerprint density at radius 3 is 2.89 bits per heavy atom. The molecule has 104 valence electrons. The predicted octanol–water partition coefficient (Wildman–Crippen LogP) is 2.56. The highest BCUT2D eigenvalue weighted by Crippen LogP contribution is 2.22. The summed E-state index contributed by atoms with van der Waals surface area (Å²) >= 11 is 0. The van der Waals surface area contributed by atoms with Gasteiger partial charge in [0.05, 0.1) is 12.1 Å². The Hall–Kier alpha value is -1.55. The molecule has 19 heavy (non-hydrogen) atoms. The van der Waals surface area contributed by atoms with Crippen LogP contribution >= 0.6 is 0 Å². The standard InChI is InChI=1S/C15H21NO3/c1-2-14(17)13-9-6-10-16(13)15(18)19-11-12-7-4-3-5-8-12/h3-5,7-8,13-14,17H,2,6,9-11H2,1H3/t13-,14+/m0/s1. The molecule has 2 rings (SSSR count). The van der Waals surface area contributed by atoms with Gasteiger partial charge in [-0.15, -0.1) is 0 Å². The second-order valence-electron chi connectivity index (χ2n) is 4.92. The largest absolute Gasteiger partial charge is 0.445 e. The molecule has 1 fully saturated rings. The van der Waals surface area contributed by atoms with E-state index in [1.807, 2.05) is 37.3 Å². The third-order valence-electron chi connectivity index (χ3n) is 3.60. The van der Waals surface area contributed by atoms with Crippen LogP contribution in [0.25, 0.3) is 0 Å². The predicted molar refractivity (Wildman–Crippen MR) is 72.7 cm³/mol. The van der Waals surface area contributed by atoms with Crippen molar-refractivity contribution in [3.63, 3.8) is 0 Å². The SMILES string of the molecule is CC[C@@H](O)[C@@H]1CCCN1C(=O)OCc1ccccc1. The summed E-state index contributed by atoms with van der Waals surface area (Å²) in [6.45, 7) is 2.89. The molecule has 0 radical (unpaired) electrons. The van der Waals surface area contributed by atoms with Gasteiger partial charge in [-0.2, -0.15) is 0 Å². The summed E-state index contributed by atoms with van der Waals surface area (Å²) in [6.07, 6.45) is 1.68. The second-order valence-corrected chi connectivity index (χ2v) is 4.92. The van der Waals surface area contributed by atoms with Gasteiger partial charge in [0.2, 0.25) is 0 Å². The summed E-state index contributed by atoms with van der Waals surface area (Å²) in [5.41, 5.74) is 0.975. The van der Waals surface area contributed by atoms with Crippen molar-refractivity contribution < 1.29 is 14.6 Å². The number of aliphatic hydroxyl groups is 1. The first-order valence-corrected chi connectivity index (χ1v) is 6.87. The maximum atomic E-state index is 12.0. The molecule has 1 amide bonds. The zero-order valence-electron chi connectivity index (χ0n) is 11.3. The highest BCUT2D eigenvalue weighted by molar-refractivity contribution is 5.68. The van der Waals surface area contributed by atoms with E-state index in [0.29, 0.717) is 13.0 Å². The average Bonchev–Trinajstić information content (AvgIpc) is 2.94. The van der Waals surface area contributed by atoms with Gasteiger partial charge in [-0.3, -0.25) is 0 Å². The van der Waals surface area contributed by atoms with Gasteiger partial charge in [0, 0.05) is 6.54 Å². The van der Waals surface area contributed by atoms with E-state index < -0.39 is 6.10 Å². The fraction of sp³-hybridized carbons (Fsp3) is 0.533. The summed E-state index contributed by atoms with van der Waals surface area (Å²) in [4.78, 5) is 13.7. The van der Waals surface area contributed by atoms with E-state index in [9.17, 15) is 9.90 Å². The van der Waals surface area contributed by atoms with Crippen molar-refractivity contribution in [3.05, 3.63) is 35.9 Å². The number of likely N-dealkylation sites (tertiary alicyclic amines) is 1. The van der Waals surface area contributed by atoms with Crippen LogP contribution in [0, 0.1) is 0 Å². The molecule has 1 aliphatic rings. The minimum Gasteiger partial charge on any atom is -0.445 e. The zero-order valence-corrected chi connectivity index (χ0v) is 11.3. The number of hydrogen-bond donors (Lipinski definition) is 1. The summed E-state index contributed by atoms with van der Waals surface area (Å²) in [5, 5.41) is 9.91. The van der Waals surface area contributed by atoms with Gasteiger partial charge in [0.25, 0.3) is 0 Å². The summed E-state index contributed by atoms with van der Waals surface area (Å²) in [7, 11) is 0. The fourth-order valence-electron chi connectivity index (χ4n) is 2.49. The van der Waals surface area contributed by atoms with E-state index in [2.05, 4.69) is 0 Å². The second kappa shape index (κ2) is 6.57. The van der Waals surface area contributed by atoms with E-state index in [1.165, 1.54) is 0 Å². The first-order chi connectivity index (χ1) is 9.22. The third-order valence-corrected chi connectivity index (χ3v) is 3.60. The molecule has 1 aromatic rings. The molecule has 0 aliphatic carbocycles. The molecule has 4 heteroatoms. The lowest BCUT2D eigenvalue weighted by atomic mass is 10.1. The number of benzene rings is 1. The fourth-order valence-corrected chi connectivity index (χ4v) is 2.49. The molecule has 1 saturated heterocycles. The van der Waals surface area contributed by atoms with Crippen LogP contribution in [0.15, 0.2) is 30.3 Å². The van der Waals surface area contributed by atoms with Crippen molar-refractivity contribution in [3.8, 4) is 0 Å². The minimum absolute atomic E-state index is 0.0896. The lowest BCUT2D eigenvalue weighted by Gasteiger charge is -2.27. The minimum atomic E-state index is -0.452. The Morgan fingerprint density at radius 2 is 2.21 bits per heavy atom. The molecule has 0 aromatic heterocycles. The van der Waals surface area contributed by atoms with Crippen LogP contribution in [0.1, 0.15) is 31.7 Å². The maximum Gasteiger partial charge on any atom is 0.410 e. The zero-order chi connectivity index (χ0) is 13.7. The molecule has 0 saturated carbocycles. The number of rotatable bonds is 4. The highest BCUT2D eigenvalue weighted by Gasteiger charge is 2.33. The van der Waals surface area contributed by atoms with Gasteiger partial charge in [-0.1, -0.05) is 37.3 Å². The van der Waals surface area contributed by atoms with Gasteiger partial charge in [-0.05, 0) is 24.8 Å². The summed E-state index contributed by atoms with van der Waals surface area (Å²) < 4.78 is 5.31. The Labute approximate surface area is 114 Å². The first-order valence-electron chi connectivity index (χ1n) is 6.87. The van der Waals surface area contributed by atoms with Crippen molar-refractivity contribution in [1.29, 1.82) is 0 Å². The van der Waals surface area contributed by atoms with E-state index in [4.69, 9.17) is 4.74 Å². The summed E-state index contributed by atoms with van der Waals surface area (Å²) in [6, 6.07) is 9.53. The number of carbonyl (C=O) groups is 1. The normalized spacial score (nSPS) is 20.3. The lowest BCUT2D eigenvalue weighted by molar-refractivity contribution is 0.0468. The maximum absolute atomic E-state index is 12.0. The van der Waals surface area contributed by atoms with Crippen molar-refractivity contribution in [2.45, 2.75) is 44.9 Å². The molecule has 1 N–H and O–H groups in total. The van der Waals surface area contributed by atoms with E-state index >= 15 is 0 Å².